The Morgan fingerprint density at radius 1 is 0.795 bits per heavy atom. The van der Waals surface area contributed by atoms with Gasteiger partial charge in [-0.1, -0.05) is 84.9 Å². The smallest absolute Gasteiger partial charge is 0.303 e. The first kappa shape index (κ1) is 31.5. The van der Waals surface area contributed by atoms with Gasteiger partial charge in [-0.25, -0.2) is 0 Å². The van der Waals surface area contributed by atoms with Crippen molar-refractivity contribution in [3.8, 4) is 11.1 Å². The molecule has 1 fully saturated rings. The van der Waals surface area contributed by atoms with Crippen LogP contribution in [0.5, 0.6) is 0 Å². The predicted molar refractivity (Wildman–Crippen MR) is 171 cm³/mol. The maximum Gasteiger partial charge on any atom is 0.303 e. The Hall–Kier alpha value is -3.95. The number of hydrogen-bond acceptors (Lipinski definition) is 6. The number of ether oxygens (including phenoxy) is 2. The Labute approximate surface area is 262 Å². The molecule has 0 radical (unpaired) electrons. The highest BCUT2D eigenvalue weighted by atomic mass is 32.2. The van der Waals surface area contributed by atoms with Gasteiger partial charge < -0.3 is 25.0 Å². The molecule has 44 heavy (non-hydrogen) atoms. The molecule has 1 saturated heterocycles. The largest absolute Gasteiger partial charge is 0.481 e. The molecule has 5 rings (SSSR count). The predicted octanol–water partition coefficient (Wildman–Crippen LogP) is 7.05. The molecule has 3 atom stereocenters. The van der Waals surface area contributed by atoms with E-state index in [1.54, 1.807) is 11.8 Å². The molecule has 0 bridgehead atoms. The average Bonchev–Trinajstić information content (AvgIpc) is 3.07. The fourth-order valence-electron chi connectivity index (χ4n) is 5.11. The van der Waals surface area contributed by atoms with Crippen LogP contribution in [-0.2, 0) is 32.2 Å². The number of aliphatic carboxylic acids is 1. The SMILES string of the molecule is O=C(O)CCCC(=O)NCc1cccc(-c2ccc(C3OC(CSc4ccccc4)CC(c4ccc(CO)cc4)O3)cc2)c1. The lowest BCUT2D eigenvalue weighted by molar-refractivity contribution is -0.245. The molecule has 0 aromatic heterocycles. The topological polar surface area (TPSA) is 105 Å². The minimum absolute atomic E-state index is 0.00632. The summed E-state index contributed by atoms with van der Waals surface area (Å²) in [5, 5.41) is 21.1. The fourth-order valence-corrected chi connectivity index (χ4v) is 6.05. The van der Waals surface area contributed by atoms with Gasteiger partial charge in [0.05, 0.1) is 18.8 Å². The molecule has 4 aromatic rings. The molecule has 0 spiro atoms. The summed E-state index contributed by atoms with van der Waals surface area (Å²) in [4.78, 5) is 24.0. The van der Waals surface area contributed by atoms with Crippen molar-refractivity contribution in [1.29, 1.82) is 0 Å². The summed E-state index contributed by atoms with van der Waals surface area (Å²) in [7, 11) is 0. The van der Waals surface area contributed by atoms with Crippen LogP contribution in [0.4, 0.5) is 0 Å². The number of carboxylic acid groups (broad SMARTS) is 1. The average molecular weight is 612 g/mol. The van der Waals surface area contributed by atoms with Crippen LogP contribution in [0.2, 0.25) is 0 Å². The van der Waals surface area contributed by atoms with E-state index in [0.29, 0.717) is 13.0 Å². The van der Waals surface area contributed by atoms with E-state index in [0.717, 1.165) is 45.6 Å². The minimum Gasteiger partial charge on any atom is -0.481 e. The highest BCUT2D eigenvalue weighted by molar-refractivity contribution is 7.99. The Morgan fingerprint density at radius 3 is 2.27 bits per heavy atom. The number of rotatable bonds is 13. The van der Waals surface area contributed by atoms with Crippen LogP contribution < -0.4 is 5.32 Å². The highest BCUT2D eigenvalue weighted by Gasteiger charge is 2.32. The minimum atomic E-state index is -0.895. The Bertz CT molecular complexity index is 1510. The van der Waals surface area contributed by atoms with Crippen molar-refractivity contribution in [1.82, 2.24) is 5.32 Å². The Morgan fingerprint density at radius 2 is 1.55 bits per heavy atom. The first-order chi connectivity index (χ1) is 21.5. The zero-order valence-electron chi connectivity index (χ0n) is 24.4. The molecule has 4 aromatic carbocycles. The lowest BCUT2D eigenvalue weighted by atomic mass is 9.99. The van der Waals surface area contributed by atoms with Crippen molar-refractivity contribution in [2.24, 2.45) is 0 Å². The van der Waals surface area contributed by atoms with Gasteiger partial charge in [0.25, 0.3) is 0 Å². The van der Waals surface area contributed by atoms with E-state index in [-0.39, 0.29) is 37.6 Å². The highest BCUT2D eigenvalue weighted by Crippen LogP contribution is 2.40. The van der Waals surface area contributed by atoms with Gasteiger partial charge in [0.1, 0.15) is 0 Å². The molecule has 1 amide bonds. The van der Waals surface area contributed by atoms with Gasteiger partial charge >= 0.3 is 5.97 Å². The molecule has 7 nitrogen and oxygen atoms in total. The number of amides is 1. The van der Waals surface area contributed by atoms with Crippen molar-refractivity contribution in [2.45, 2.75) is 62.2 Å². The van der Waals surface area contributed by atoms with Crippen molar-refractivity contribution < 1.29 is 29.3 Å². The van der Waals surface area contributed by atoms with E-state index in [1.807, 2.05) is 78.9 Å². The maximum atomic E-state index is 12.1. The number of benzene rings is 4. The van der Waals surface area contributed by atoms with E-state index in [9.17, 15) is 14.7 Å². The summed E-state index contributed by atoms with van der Waals surface area (Å²) in [5.41, 5.74) is 5.89. The number of nitrogens with one attached hydrogen (secondary N) is 1. The van der Waals surface area contributed by atoms with Gasteiger partial charge in [0.2, 0.25) is 5.91 Å². The van der Waals surface area contributed by atoms with Crippen LogP contribution in [0.1, 0.15) is 60.3 Å². The summed E-state index contributed by atoms with van der Waals surface area (Å²) in [5.74, 6) is -0.249. The zero-order valence-corrected chi connectivity index (χ0v) is 25.2. The number of thioether (sulfide) groups is 1. The van der Waals surface area contributed by atoms with E-state index in [2.05, 4.69) is 29.6 Å². The van der Waals surface area contributed by atoms with Gasteiger partial charge in [-0.15, -0.1) is 11.8 Å². The molecule has 3 unspecified atom stereocenters. The molecule has 0 saturated carbocycles. The fraction of sp³-hybridized carbons (Fsp3) is 0.278. The number of aliphatic hydroxyl groups is 1. The summed E-state index contributed by atoms with van der Waals surface area (Å²) in [6.07, 6.45) is 0.558. The number of hydrogen-bond donors (Lipinski definition) is 3. The van der Waals surface area contributed by atoms with Crippen LogP contribution in [0.3, 0.4) is 0 Å². The number of carboxylic acids is 1. The maximum absolute atomic E-state index is 12.1. The molecular formula is C36H37NO6S. The number of carbonyl (C=O) groups excluding carboxylic acids is 1. The lowest BCUT2D eigenvalue weighted by Crippen LogP contribution is -2.31. The molecule has 1 heterocycles. The summed E-state index contributed by atoms with van der Waals surface area (Å²) >= 11 is 1.78. The first-order valence-corrected chi connectivity index (χ1v) is 15.8. The van der Waals surface area contributed by atoms with E-state index in [4.69, 9.17) is 14.6 Å². The van der Waals surface area contributed by atoms with Crippen LogP contribution in [0.25, 0.3) is 11.1 Å². The lowest BCUT2D eigenvalue weighted by Gasteiger charge is -2.36. The van der Waals surface area contributed by atoms with Gasteiger partial charge in [-0.2, -0.15) is 0 Å². The van der Waals surface area contributed by atoms with Crippen molar-refractivity contribution in [3.63, 3.8) is 0 Å². The van der Waals surface area contributed by atoms with Gasteiger partial charge in [-0.05, 0) is 52.4 Å². The van der Waals surface area contributed by atoms with Crippen LogP contribution in [0.15, 0.2) is 108 Å². The van der Waals surface area contributed by atoms with Crippen LogP contribution in [0, 0.1) is 0 Å². The van der Waals surface area contributed by atoms with Crippen LogP contribution >= 0.6 is 11.8 Å². The molecular weight excluding hydrogens is 574 g/mol. The van der Waals surface area contributed by atoms with E-state index >= 15 is 0 Å². The van der Waals surface area contributed by atoms with Gasteiger partial charge in [-0.3, -0.25) is 9.59 Å². The van der Waals surface area contributed by atoms with E-state index in [1.165, 1.54) is 4.90 Å². The third-order valence-electron chi connectivity index (χ3n) is 7.52. The van der Waals surface area contributed by atoms with Gasteiger partial charge in [0.15, 0.2) is 6.29 Å². The third kappa shape index (κ3) is 9.03. The Balaban J connectivity index is 1.26. The quantitative estimate of drug-likeness (QED) is 0.139. The summed E-state index contributed by atoms with van der Waals surface area (Å²) in [6.45, 7) is 0.386. The second-order valence-electron chi connectivity index (χ2n) is 10.8. The number of carbonyl (C=O) groups is 2. The first-order valence-electron chi connectivity index (χ1n) is 14.8. The third-order valence-corrected chi connectivity index (χ3v) is 8.67. The second-order valence-corrected chi connectivity index (χ2v) is 11.9. The standard InChI is InChI=1S/C36H37NO6S/c38-23-25-12-14-28(15-13-25)33-21-31(24-44-32-8-2-1-3-9-32)42-36(43-33)29-18-16-27(17-19-29)30-7-4-6-26(20-30)22-37-34(39)10-5-11-35(40)41/h1-4,6-9,12-20,31,33,36,38H,5,10-11,21-24H2,(H,37,39)(H,40,41). The van der Waals surface area contributed by atoms with Gasteiger partial charge in [0, 0.05) is 42.0 Å². The molecule has 228 valence electrons. The molecule has 1 aliphatic rings. The summed E-state index contributed by atoms with van der Waals surface area (Å²) in [6, 6.07) is 34.4. The van der Waals surface area contributed by atoms with E-state index < -0.39 is 12.3 Å². The molecule has 3 N–H and O–H groups in total. The summed E-state index contributed by atoms with van der Waals surface area (Å²) < 4.78 is 13.0. The van der Waals surface area contributed by atoms with Crippen LogP contribution in [-0.4, -0.2) is 33.9 Å². The molecule has 1 aliphatic heterocycles. The number of aliphatic hydroxyl groups excluding tert-OH is 1. The normalized spacial score (nSPS) is 18.1. The van der Waals surface area contributed by atoms with Crippen molar-refractivity contribution in [2.75, 3.05) is 5.75 Å². The second kappa shape index (κ2) is 15.7. The monoisotopic (exact) mass is 611 g/mol. The van der Waals surface area contributed by atoms with Crippen molar-refractivity contribution >= 4 is 23.6 Å². The zero-order chi connectivity index (χ0) is 30.7. The molecule has 0 aliphatic carbocycles. The Kier molecular flexibility index (Phi) is 11.2. The van der Waals surface area contributed by atoms with Crippen molar-refractivity contribution in [3.05, 3.63) is 125 Å². The molecule has 8 heteroatoms.